The average molecular weight is 241 g/mol. The number of rotatable bonds is 3. The Balaban J connectivity index is 2.65. The molecule has 84 valence electrons. The van der Waals surface area contributed by atoms with E-state index >= 15 is 0 Å². The van der Waals surface area contributed by atoms with E-state index in [-0.39, 0.29) is 12.4 Å². The maximum Gasteiger partial charge on any atom is 0.324 e. The van der Waals surface area contributed by atoms with Crippen molar-refractivity contribution in [2.75, 3.05) is 13.6 Å². The number of halogens is 2. The van der Waals surface area contributed by atoms with Crippen molar-refractivity contribution in [3.8, 4) is 6.07 Å². The molecule has 0 heterocycles. The summed E-state index contributed by atoms with van der Waals surface area (Å²) in [5, 5.41) is 8.81. The molecule has 0 spiro atoms. The van der Waals surface area contributed by atoms with Crippen molar-refractivity contribution < 1.29 is 9.18 Å². The van der Waals surface area contributed by atoms with Gasteiger partial charge < -0.3 is 4.90 Å². The molecule has 0 fully saturated rings. The van der Waals surface area contributed by atoms with Crippen molar-refractivity contribution in [1.82, 2.24) is 4.90 Å². The van der Waals surface area contributed by atoms with Gasteiger partial charge >= 0.3 is 5.91 Å². The van der Waals surface area contributed by atoms with Crippen LogP contribution in [0.5, 0.6) is 0 Å². The first-order valence-corrected chi connectivity index (χ1v) is 5.01. The highest BCUT2D eigenvalue weighted by molar-refractivity contribution is 6.30. The summed E-state index contributed by atoms with van der Waals surface area (Å²) in [6.07, 6.45) is 0.330. The molecule has 0 unspecified atom stereocenters. The molecule has 0 aliphatic carbocycles. The van der Waals surface area contributed by atoms with Crippen LogP contribution < -0.4 is 0 Å². The second-order valence-electron chi connectivity index (χ2n) is 3.32. The van der Waals surface area contributed by atoms with Gasteiger partial charge in [-0.15, -0.1) is 0 Å². The van der Waals surface area contributed by atoms with Crippen molar-refractivity contribution in [2.24, 2.45) is 0 Å². The van der Waals surface area contributed by atoms with Crippen LogP contribution in [-0.2, 0) is 11.2 Å². The summed E-state index contributed by atoms with van der Waals surface area (Å²) in [7, 11) is 1.49. The first-order chi connectivity index (χ1) is 7.54. The zero-order valence-corrected chi connectivity index (χ0v) is 9.46. The van der Waals surface area contributed by atoms with E-state index in [0.717, 1.165) is 0 Å². The minimum absolute atomic E-state index is 0.281. The standard InChI is InChI=1S/C11H10ClFN2O/c1-15(11(16)7-14)5-4-8-6-9(12)2-3-10(8)13/h2-3,6H,4-5H2,1H3. The second-order valence-corrected chi connectivity index (χ2v) is 3.76. The molecule has 3 nitrogen and oxygen atoms in total. The zero-order valence-electron chi connectivity index (χ0n) is 8.70. The molecule has 16 heavy (non-hydrogen) atoms. The van der Waals surface area contributed by atoms with Crippen molar-refractivity contribution in [3.05, 3.63) is 34.6 Å². The van der Waals surface area contributed by atoms with Gasteiger partial charge in [0.1, 0.15) is 5.82 Å². The van der Waals surface area contributed by atoms with Crippen molar-refractivity contribution in [1.29, 1.82) is 5.26 Å². The Hall–Kier alpha value is -1.60. The number of hydrogen-bond acceptors (Lipinski definition) is 2. The Morgan fingerprint density at radius 1 is 1.62 bits per heavy atom. The smallest absolute Gasteiger partial charge is 0.324 e. The highest BCUT2D eigenvalue weighted by atomic mass is 35.5. The molecule has 1 aromatic rings. The third-order valence-electron chi connectivity index (χ3n) is 2.17. The van der Waals surface area contributed by atoms with Gasteiger partial charge in [-0.2, -0.15) is 5.26 Å². The molecule has 1 aromatic carbocycles. The fraction of sp³-hybridized carbons (Fsp3) is 0.273. The van der Waals surface area contributed by atoms with Crippen molar-refractivity contribution in [3.63, 3.8) is 0 Å². The van der Waals surface area contributed by atoms with Crippen LogP contribution in [0.3, 0.4) is 0 Å². The van der Waals surface area contributed by atoms with E-state index in [1.807, 2.05) is 0 Å². The summed E-state index contributed by atoms with van der Waals surface area (Å²) in [5.74, 6) is -0.996. The molecular formula is C11H10ClFN2O. The first kappa shape index (κ1) is 12.5. The quantitative estimate of drug-likeness (QED) is 0.759. The highest BCUT2D eigenvalue weighted by Gasteiger charge is 2.09. The largest absolute Gasteiger partial charge is 0.333 e. The number of carbonyl (C=O) groups is 1. The molecule has 0 saturated carbocycles. The summed E-state index contributed by atoms with van der Waals surface area (Å²) in [6.45, 7) is 0.281. The van der Waals surface area contributed by atoms with Crippen LogP contribution in [0.4, 0.5) is 4.39 Å². The zero-order chi connectivity index (χ0) is 12.1. The number of carbonyl (C=O) groups excluding carboxylic acids is 1. The van der Waals surface area contributed by atoms with Crippen LogP contribution in [0.15, 0.2) is 18.2 Å². The summed E-state index contributed by atoms with van der Waals surface area (Å²) >= 11 is 5.72. The SMILES string of the molecule is CN(CCc1cc(Cl)ccc1F)C(=O)C#N. The molecule has 0 atom stereocenters. The van der Waals surface area contributed by atoms with Gasteiger partial charge in [0.15, 0.2) is 6.07 Å². The van der Waals surface area contributed by atoms with Gasteiger partial charge in [0.05, 0.1) is 0 Å². The van der Waals surface area contributed by atoms with E-state index in [0.29, 0.717) is 17.0 Å². The first-order valence-electron chi connectivity index (χ1n) is 4.63. The number of likely N-dealkylation sites (N-methyl/N-ethyl adjacent to an activating group) is 1. The Morgan fingerprint density at radius 3 is 2.94 bits per heavy atom. The number of hydrogen-bond donors (Lipinski definition) is 0. The fourth-order valence-corrected chi connectivity index (χ4v) is 1.40. The van der Waals surface area contributed by atoms with Crippen LogP contribution in [0.1, 0.15) is 5.56 Å². The Bertz CT molecular complexity index is 442. The summed E-state index contributed by atoms with van der Waals surface area (Å²) < 4.78 is 13.3. The van der Waals surface area contributed by atoms with Crippen molar-refractivity contribution in [2.45, 2.75) is 6.42 Å². The molecule has 0 bridgehead atoms. The van der Waals surface area contributed by atoms with Gasteiger partial charge in [0.25, 0.3) is 0 Å². The normalized spacial score (nSPS) is 9.62. The molecule has 5 heteroatoms. The van der Waals surface area contributed by atoms with Gasteiger partial charge in [-0.3, -0.25) is 4.79 Å². The molecule has 0 aromatic heterocycles. The van der Waals surface area contributed by atoms with Gasteiger partial charge in [0, 0.05) is 18.6 Å². The fourth-order valence-electron chi connectivity index (χ4n) is 1.21. The number of amides is 1. The average Bonchev–Trinajstić information content (AvgIpc) is 2.28. The molecule has 1 rings (SSSR count). The van der Waals surface area contributed by atoms with Crippen LogP contribution in [0, 0.1) is 17.1 Å². The maximum absolute atomic E-state index is 13.3. The van der Waals surface area contributed by atoms with E-state index in [2.05, 4.69) is 0 Å². The lowest BCUT2D eigenvalue weighted by atomic mass is 10.1. The minimum Gasteiger partial charge on any atom is -0.333 e. The number of nitrogens with zero attached hydrogens (tertiary/aromatic N) is 2. The van der Waals surface area contributed by atoms with Gasteiger partial charge in [-0.1, -0.05) is 11.6 Å². The molecular weight excluding hydrogens is 231 g/mol. The minimum atomic E-state index is -0.637. The third kappa shape index (κ3) is 3.21. The predicted octanol–water partition coefficient (Wildman–Crippen LogP) is 2.00. The number of nitriles is 1. The lowest BCUT2D eigenvalue weighted by molar-refractivity contribution is -0.124. The lowest BCUT2D eigenvalue weighted by Crippen LogP contribution is -2.27. The van der Waals surface area contributed by atoms with Gasteiger partial charge in [0.2, 0.25) is 0 Å². The topological polar surface area (TPSA) is 44.1 Å². The van der Waals surface area contributed by atoms with Gasteiger partial charge in [-0.25, -0.2) is 4.39 Å². The Labute approximate surface area is 98.0 Å². The maximum atomic E-state index is 13.3. The lowest BCUT2D eigenvalue weighted by Gasteiger charge is -2.13. The summed E-state index contributed by atoms with van der Waals surface area (Å²) in [6, 6.07) is 5.75. The second kappa shape index (κ2) is 5.47. The van der Waals surface area contributed by atoms with E-state index in [4.69, 9.17) is 16.9 Å². The van der Waals surface area contributed by atoms with E-state index in [1.54, 1.807) is 0 Å². The van der Waals surface area contributed by atoms with Crippen molar-refractivity contribution >= 4 is 17.5 Å². The number of benzene rings is 1. The molecule has 0 radical (unpaired) electrons. The van der Waals surface area contributed by atoms with E-state index in [9.17, 15) is 9.18 Å². The van der Waals surface area contributed by atoms with Crippen LogP contribution in [-0.4, -0.2) is 24.4 Å². The van der Waals surface area contributed by atoms with E-state index in [1.165, 1.54) is 36.2 Å². The third-order valence-corrected chi connectivity index (χ3v) is 2.40. The van der Waals surface area contributed by atoms with Gasteiger partial charge in [-0.05, 0) is 30.2 Å². The Morgan fingerprint density at radius 2 is 2.31 bits per heavy atom. The summed E-state index contributed by atoms with van der Waals surface area (Å²) in [5.41, 5.74) is 0.435. The molecule has 0 saturated heterocycles. The predicted molar refractivity (Wildman–Crippen MR) is 58.4 cm³/mol. The monoisotopic (exact) mass is 240 g/mol. The highest BCUT2D eigenvalue weighted by Crippen LogP contribution is 2.15. The molecule has 0 aliphatic rings. The van der Waals surface area contributed by atoms with Crippen LogP contribution in [0.2, 0.25) is 5.02 Å². The Kier molecular flexibility index (Phi) is 4.27. The molecule has 1 amide bonds. The van der Waals surface area contributed by atoms with E-state index < -0.39 is 5.91 Å². The molecule has 0 N–H and O–H groups in total. The van der Waals surface area contributed by atoms with Crippen LogP contribution in [0.25, 0.3) is 0 Å². The molecule has 0 aliphatic heterocycles. The summed E-state index contributed by atoms with van der Waals surface area (Å²) in [4.78, 5) is 12.2. The van der Waals surface area contributed by atoms with Crippen LogP contribution >= 0.6 is 11.6 Å².